The molecule has 1 aliphatic rings. The Morgan fingerprint density at radius 2 is 2.00 bits per heavy atom. The molecule has 1 saturated carbocycles. The van der Waals surface area contributed by atoms with Crippen LogP contribution in [0.3, 0.4) is 0 Å². The molecule has 0 radical (unpaired) electrons. The van der Waals surface area contributed by atoms with Gasteiger partial charge in [0.05, 0.1) is 5.60 Å². The van der Waals surface area contributed by atoms with E-state index in [1.807, 2.05) is 12.1 Å². The number of hydrogen-bond acceptors (Lipinski definition) is 2. The highest BCUT2D eigenvalue weighted by molar-refractivity contribution is 6.35. The lowest BCUT2D eigenvalue weighted by molar-refractivity contribution is -0.00293. The van der Waals surface area contributed by atoms with Gasteiger partial charge in [-0.1, -0.05) is 36.2 Å². The van der Waals surface area contributed by atoms with Crippen LogP contribution in [0.15, 0.2) is 18.2 Å². The maximum Gasteiger partial charge on any atom is 0.0689 e. The molecular formula is C15H21Cl2NO. The van der Waals surface area contributed by atoms with Crippen molar-refractivity contribution in [2.24, 2.45) is 0 Å². The molecule has 1 fully saturated rings. The molecule has 1 aromatic rings. The third-order valence-electron chi connectivity index (χ3n) is 3.94. The van der Waals surface area contributed by atoms with Crippen molar-refractivity contribution < 1.29 is 5.11 Å². The molecule has 0 aliphatic heterocycles. The van der Waals surface area contributed by atoms with Crippen molar-refractivity contribution in [3.8, 4) is 0 Å². The van der Waals surface area contributed by atoms with Crippen molar-refractivity contribution >= 4 is 23.2 Å². The van der Waals surface area contributed by atoms with Gasteiger partial charge in [0.2, 0.25) is 0 Å². The summed E-state index contributed by atoms with van der Waals surface area (Å²) in [5.41, 5.74) is 0.360. The number of hydrogen-bond donors (Lipinski definition) is 2. The zero-order valence-corrected chi connectivity index (χ0v) is 12.8. The lowest BCUT2D eigenvalue weighted by Gasteiger charge is -2.36. The van der Waals surface area contributed by atoms with Crippen molar-refractivity contribution in [3.63, 3.8) is 0 Å². The number of rotatable bonds is 4. The third kappa shape index (κ3) is 4.09. The van der Waals surface area contributed by atoms with Crippen LogP contribution in [0.1, 0.15) is 38.2 Å². The molecule has 1 aromatic carbocycles. The molecule has 106 valence electrons. The molecule has 1 aliphatic carbocycles. The van der Waals surface area contributed by atoms with E-state index < -0.39 is 5.60 Å². The van der Waals surface area contributed by atoms with Crippen molar-refractivity contribution in [3.05, 3.63) is 33.8 Å². The number of benzene rings is 1. The van der Waals surface area contributed by atoms with E-state index in [0.29, 0.717) is 22.5 Å². The summed E-state index contributed by atoms with van der Waals surface area (Å²) < 4.78 is 0. The summed E-state index contributed by atoms with van der Waals surface area (Å²) in [6.07, 6.45) is 4.31. The molecule has 0 bridgehead atoms. The Hall–Kier alpha value is -0.280. The molecule has 2 nitrogen and oxygen atoms in total. The predicted molar refractivity (Wildman–Crippen MR) is 81.0 cm³/mol. The van der Waals surface area contributed by atoms with Gasteiger partial charge in [-0.15, -0.1) is 0 Å². The second-order valence-electron chi connectivity index (χ2n) is 5.47. The first kappa shape index (κ1) is 15.1. The average molecular weight is 302 g/mol. The van der Waals surface area contributed by atoms with E-state index in [2.05, 4.69) is 12.2 Å². The minimum atomic E-state index is -0.622. The first-order chi connectivity index (χ1) is 9.02. The largest absolute Gasteiger partial charge is 0.390 e. The fraction of sp³-hybridized carbons (Fsp3) is 0.600. The lowest BCUT2D eigenvalue weighted by atomic mass is 9.78. The van der Waals surface area contributed by atoms with Crippen molar-refractivity contribution in [1.82, 2.24) is 5.32 Å². The highest BCUT2D eigenvalue weighted by atomic mass is 35.5. The standard InChI is InChI=1S/C15H21Cl2NO/c1-2-18-13-5-7-15(19,8-6-13)10-11-3-4-12(16)9-14(11)17/h3-4,9,13,18-19H,2,5-8,10H2,1H3. The normalized spacial score (nSPS) is 27.5. The van der Waals surface area contributed by atoms with Gasteiger partial charge in [-0.3, -0.25) is 0 Å². The topological polar surface area (TPSA) is 32.3 Å². The van der Waals surface area contributed by atoms with Crippen molar-refractivity contribution in [1.29, 1.82) is 0 Å². The Balaban J connectivity index is 1.99. The van der Waals surface area contributed by atoms with E-state index in [4.69, 9.17) is 23.2 Å². The molecule has 19 heavy (non-hydrogen) atoms. The zero-order chi connectivity index (χ0) is 13.9. The van der Waals surface area contributed by atoms with Gasteiger partial charge in [0.25, 0.3) is 0 Å². The van der Waals surface area contributed by atoms with Gasteiger partial charge >= 0.3 is 0 Å². The highest BCUT2D eigenvalue weighted by Crippen LogP contribution is 2.33. The van der Waals surface area contributed by atoms with Crippen LogP contribution in [0.4, 0.5) is 0 Å². The van der Waals surface area contributed by atoms with Crippen molar-refractivity contribution in [2.45, 2.75) is 50.7 Å². The van der Waals surface area contributed by atoms with Gasteiger partial charge in [0, 0.05) is 22.5 Å². The van der Waals surface area contributed by atoms with Gasteiger partial charge in [0.15, 0.2) is 0 Å². The molecule has 2 rings (SSSR count). The second-order valence-corrected chi connectivity index (χ2v) is 6.31. The van der Waals surface area contributed by atoms with E-state index in [0.717, 1.165) is 37.8 Å². The van der Waals surface area contributed by atoms with E-state index >= 15 is 0 Å². The van der Waals surface area contributed by atoms with Crippen LogP contribution in [0.25, 0.3) is 0 Å². The van der Waals surface area contributed by atoms with Gasteiger partial charge in [-0.05, 0) is 49.9 Å². The molecule has 0 heterocycles. The summed E-state index contributed by atoms with van der Waals surface area (Å²) in [6, 6.07) is 6.03. The summed E-state index contributed by atoms with van der Waals surface area (Å²) in [5, 5.41) is 15.4. The molecule has 0 saturated heterocycles. The second kappa shape index (κ2) is 6.45. The molecule has 4 heteroatoms. The fourth-order valence-corrected chi connectivity index (χ4v) is 3.32. The summed E-state index contributed by atoms with van der Waals surface area (Å²) in [6.45, 7) is 3.11. The van der Waals surface area contributed by atoms with E-state index in [-0.39, 0.29) is 0 Å². The Labute approximate surface area is 125 Å². The summed E-state index contributed by atoms with van der Waals surface area (Å²) in [4.78, 5) is 0. The van der Waals surface area contributed by atoms with Gasteiger partial charge in [0.1, 0.15) is 0 Å². The smallest absolute Gasteiger partial charge is 0.0689 e. The maximum atomic E-state index is 10.7. The number of halogens is 2. The molecule has 0 atom stereocenters. The van der Waals surface area contributed by atoms with Crippen LogP contribution in [-0.4, -0.2) is 23.3 Å². The van der Waals surface area contributed by atoms with Crippen molar-refractivity contribution in [2.75, 3.05) is 6.54 Å². The molecule has 0 unspecified atom stereocenters. The van der Waals surface area contributed by atoms with Crippen LogP contribution in [0, 0.1) is 0 Å². The Kier molecular flexibility index (Phi) is 5.13. The lowest BCUT2D eigenvalue weighted by Crippen LogP contribution is -2.42. The summed E-state index contributed by atoms with van der Waals surface area (Å²) in [5.74, 6) is 0. The maximum absolute atomic E-state index is 10.7. The Morgan fingerprint density at radius 1 is 1.32 bits per heavy atom. The van der Waals surface area contributed by atoms with Crippen LogP contribution < -0.4 is 5.32 Å². The summed E-state index contributed by atoms with van der Waals surface area (Å²) >= 11 is 12.1. The fourth-order valence-electron chi connectivity index (χ4n) is 2.84. The number of nitrogens with one attached hydrogen (secondary N) is 1. The summed E-state index contributed by atoms with van der Waals surface area (Å²) in [7, 11) is 0. The molecule has 0 aromatic heterocycles. The van der Waals surface area contributed by atoms with Crippen LogP contribution in [0.5, 0.6) is 0 Å². The van der Waals surface area contributed by atoms with Gasteiger partial charge in [-0.25, -0.2) is 0 Å². The molecule has 2 N–H and O–H groups in total. The van der Waals surface area contributed by atoms with Crippen LogP contribution >= 0.6 is 23.2 Å². The highest BCUT2D eigenvalue weighted by Gasteiger charge is 2.33. The van der Waals surface area contributed by atoms with Crippen LogP contribution in [0.2, 0.25) is 10.0 Å². The molecule has 0 spiro atoms. The Morgan fingerprint density at radius 3 is 2.58 bits per heavy atom. The monoisotopic (exact) mass is 301 g/mol. The predicted octanol–water partition coefficient (Wildman–Crippen LogP) is 3.82. The molecular weight excluding hydrogens is 281 g/mol. The molecule has 0 amide bonds. The average Bonchev–Trinajstić information content (AvgIpc) is 2.36. The van der Waals surface area contributed by atoms with Gasteiger partial charge < -0.3 is 10.4 Å². The van der Waals surface area contributed by atoms with E-state index in [9.17, 15) is 5.11 Å². The first-order valence-electron chi connectivity index (χ1n) is 6.92. The van der Waals surface area contributed by atoms with E-state index in [1.165, 1.54) is 0 Å². The van der Waals surface area contributed by atoms with Gasteiger partial charge in [-0.2, -0.15) is 0 Å². The Bertz CT molecular complexity index is 428. The zero-order valence-electron chi connectivity index (χ0n) is 11.3. The SMILES string of the molecule is CCNC1CCC(O)(Cc2ccc(Cl)cc2Cl)CC1. The van der Waals surface area contributed by atoms with Crippen LogP contribution in [-0.2, 0) is 6.42 Å². The minimum Gasteiger partial charge on any atom is -0.390 e. The quantitative estimate of drug-likeness (QED) is 0.886. The first-order valence-corrected chi connectivity index (χ1v) is 7.68. The van der Waals surface area contributed by atoms with E-state index in [1.54, 1.807) is 6.07 Å². The minimum absolute atomic E-state index is 0.547. The third-order valence-corrected chi connectivity index (χ3v) is 4.53. The number of aliphatic hydroxyl groups is 1.